The van der Waals surface area contributed by atoms with Gasteiger partial charge in [-0.25, -0.2) is 0 Å². The first-order valence-electron chi connectivity index (χ1n) is 17.4. The third-order valence-electron chi connectivity index (χ3n) is 11.6. The molecular formula is C49H28S. The minimum absolute atomic E-state index is 0.401. The Morgan fingerprint density at radius 3 is 1.66 bits per heavy atom. The van der Waals surface area contributed by atoms with Gasteiger partial charge in [0, 0.05) is 25.7 Å². The lowest BCUT2D eigenvalue weighted by molar-refractivity contribution is 0.861. The van der Waals surface area contributed by atoms with Crippen LogP contribution in [0.15, 0.2) is 169 Å². The summed E-state index contributed by atoms with van der Waals surface area (Å²) < 4.78 is 2.69. The van der Waals surface area contributed by atoms with Crippen LogP contribution in [0.4, 0.5) is 0 Å². The fourth-order valence-corrected chi connectivity index (χ4v) is 10.8. The minimum Gasteiger partial charge on any atom is -0.135 e. The fourth-order valence-electron chi connectivity index (χ4n) is 9.61. The fraction of sp³-hybridized carbons (Fsp3) is 0.0204. The molecule has 230 valence electrons. The van der Waals surface area contributed by atoms with Gasteiger partial charge >= 0.3 is 0 Å². The van der Waals surface area contributed by atoms with Crippen molar-refractivity contribution in [3.8, 4) is 11.1 Å². The van der Waals surface area contributed by atoms with Gasteiger partial charge in [0.15, 0.2) is 0 Å². The van der Waals surface area contributed by atoms with Crippen molar-refractivity contribution >= 4 is 81.0 Å². The molecule has 0 fully saturated rings. The zero-order chi connectivity index (χ0) is 32.6. The van der Waals surface area contributed by atoms with E-state index < -0.39 is 5.41 Å². The van der Waals surface area contributed by atoms with Crippen molar-refractivity contribution in [2.24, 2.45) is 0 Å². The van der Waals surface area contributed by atoms with Crippen molar-refractivity contribution in [3.63, 3.8) is 0 Å². The highest BCUT2D eigenvalue weighted by atomic mass is 32.1. The SMILES string of the molecule is C1=CC2(C3=c4cc5c6ccccc6c6ccccc6c5cc4=CC3=C1c1cccc3c1sc1ccccc13)c1ccccc1-c1ccccc12. The molecule has 0 nitrogen and oxygen atoms in total. The Balaban J connectivity index is 1.28. The van der Waals surface area contributed by atoms with Crippen molar-refractivity contribution in [3.05, 3.63) is 197 Å². The summed E-state index contributed by atoms with van der Waals surface area (Å²) in [4.78, 5) is 0. The van der Waals surface area contributed by atoms with E-state index in [1.807, 2.05) is 11.3 Å². The molecule has 9 aromatic rings. The summed E-state index contributed by atoms with van der Waals surface area (Å²) in [5.41, 5.74) is 10.4. The Morgan fingerprint density at radius 2 is 0.960 bits per heavy atom. The van der Waals surface area contributed by atoms with Gasteiger partial charge < -0.3 is 0 Å². The number of rotatable bonds is 1. The molecule has 1 heteroatoms. The van der Waals surface area contributed by atoms with Crippen LogP contribution in [0.3, 0.4) is 0 Å². The van der Waals surface area contributed by atoms with Crippen LogP contribution >= 0.6 is 11.3 Å². The Kier molecular flexibility index (Phi) is 5.14. The van der Waals surface area contributed by atoms with E-state index in [1.165, 1.54) is 107 Å². The Bertz CT molecular complexity index is 3160. The molecule has 1 spiro atoms. The van der Waals surface area contributed by atoms with Crippen LogP contribution in [0.2, 0.25) is 0 Å². The highest BCUT2D eigenvalue weighted by molar-refractivity contribution is 7.26. The molecule has 0 amide bonds. The molecule has 3 aliphatic rings. The van der Waals surface area contributed by atoms with Crippen LogP contribution in [-0.4, -0.2) is 0 Å². The number of fused-ring (bicyclic) bond motifs is 17. The number of hydrogen-bond acceptors (Lipinski definition) is 1. The van der Waals surface area contributed by atoms with E-state index in [9.17, 15) is 0 Å². The van der Waals surface area contributed by atoms with Crippen molar-refractivity contribution in [1.82, 2.24) is 0 Å². The summed E-state index contributed by atoms with van der Waals surface area (Å²) in [6, 6.07) is 56.8. The zero-order valence-electron chi connectivity index (χ0n) is 27.1. The molecule has 0 aliphatic heterocycles. The average molecular weight is 649 g/mol. The van der Waals surface area contributed by atoms with Gasteiger partial charge in [0.25, 0.3) is 0 Å². The van der Waals surface area contributed by atoms with E-state index in [2.05, 4.69) is 170 Å². The predicted octanol–water partition coefficient (Wildman–Crippen LogP) is 11.4. The Hall–Kier alpha value is -6.02. The van der Waals surface area contributed by atoms with Gasteiger partial charge in [-0.1, -0.05) is 146 Å². The number of benzene rings is 8. The van der Waals surface area contributed by atoms with Gasteiger partial charge in [0.1, 0.15) is 0 Å². The highest BCUT2D eigenvalue weighted by Gasteiger charge is 2.48. The topological polar surface area (TPSA) is 0 Å². The van der Waals surface area contributed by atoms with Gasteiger partial charge in [-0.2, -0.15) is 0 Å². The normalized spacial score (nSPS) is 15.3. The smallest absolute Gasteiger partial charge is 0.0659 e. The molecule has 0 saturated heterocycles. The second kappa shape index (κ2) is 9.57. The van der Waals surface area contributed by atoms with Crippen molar-refractivity contribution in [2.45, 2.75) is 5.41 Å². The zero-order valence-corrected chi connectivity index (χ0v) is 27.9. The van der Waals surface area contributed by atoms with E-state index in [0.29, 0.717) is 0 Å². The molecule has 0 unspecified atom stereocenters. The van der Waals surface area contributed by atoms with Crippen LogP contribution in [0.5, 0.6) is 0 Å². The van der Waals surface area contributed by atoms with Crippen LogP contribution in [-0.2, 0) is 5.41 Å². The van der Waals surface area contributed by atoms with E-state index in [4.69, 9.17) is 0 Å². The Labute approximate surface area is 292 Å². The van der Waals surface area contributed by atoms with Gasteiger partial charge in [0.05, 0.1) is 5.41 Å². The van der Waals surface area contributed by atoms with Gasteiger partial charge in [-0.05, 0) is 106 Å². The van der Waals surface area contributed by atoms with Crippen LogP contribution in [0, 0.1) is 0 Å². The van der Waals surface area contributed by atoms with Crippen molar-refractivity contribution < 1.29 is 0 Å². The molecule has 0 bridgehead atoms. The van der Waals surface area contributed by atoms with Crippen LogP contribution in [0.25, 0.3) is 80.8 Å². The molecule has 3 aliphatic carbocycles. The largest absolute Gasteiger partial charge is 0.135 e. The lowest BCUT2D eigenvalue weighted by Crippen LogP contribution is -2.34. The third-order valence-corrected chi connectivity index (χ3v) is 12.8. The summed E-state index contributed by atoms with van der Waals surface area (Å²) in [6.07, 6.45) is 7.48. The second-order valence-electron chi connectivity index (χ2n) is 13.9. The van der Waals surface area contributed by atoms with Crippen LogP contribution < -0.4 is 10.4 Å². The summed E-state index contributed by atoms with van der Waals surface area (Å²) >= 11 is 1.91. The standard InChI is InChI=1S/C49H28S/c1-3-14-32-30(12-1)31-13-2-4-15-33(31)42-28-40-29(26-41(32)42)27-43-34(38-19-11-20-39-37-18-7-10-23-46(37)50-48(38)39)24-25-49(47(40)43)44-21-8-5-16-35(44)36-17-6-9-22-45(36)49/h1-28H. The summed E-state index contributed by atoms with van der Waals surface area (Å²) in [6.45, 7) is 0. The number of allylic oxidation sites excluding steroid dienone is 4. The van der Waals surface area contributed by atoms with Crippen molar-refractivity contribution in [2.75, 3.05) is 0 Å². The predicted molar refractivity (Wildman–Crippen MR) is 214 cm³/mol. The first-order chi connectivity index (χ1) is 24.8. The third kappa shape index (κ3) is 3.26. The van der Waals surface area contributed by atoms with E-state index in [0.717, 1.165) is 0 Å². The highest BCUT2D eigenvalue weighted by Crippen LogP contribution is 2.59. The van der Waals surface area contributed by atoms with Crippen molar-refractivity contribution in [1.29, 1.82) is 0 Å². The molecule has 0 N–H and O–H groups in total. The van der Waals surface area contributed by atoms with E-state index in [1.54, 1.807) is 0 Å². The van der Waals surface area contributed by atoms with Gasteiger partial charge in [-0.15, -0.1) is 11.3 Å². The van der Waals surface area contributed by atoms with Gasteiger partial charge in [0.2, 0.25) is 0 Å². The molecule has 1 heterocycles. The minimum atomic E-state index is -0.401. The maximum Gasteiger partial charge on any atom is 0.0659 e. The van der Waals surface area contributed by atoms with E-state index >= 15 is 0 Å². The van der Waals surface area contributed by atoms with Gasteiger partial charge in [-0.3, -0.25) is 0 Å². The molecule has 8 aromatic carbocycles. The summed E-state index contributed by atoms with van der Waals surface area (Å²) in [7, 11) is 0. The molecule has 0 radical (unpaired) electrons. The Morgan fingerprint density at radius 1 is 0.420 bits per heavy atom. The maximum atomic E-state index is 2.53. The lowest BCUT2D eigenvalue weighted by atomic mass is 9.66. The van der Waals surface area contributed by atoms with E-state index in [-0.39, 0.29) is 0 Å². The first kappa shape index (κ1) is 26.9. The quantitative estimate of drug-likeness (QED) is 0.155. The number of hydrogen-bond donors (Lipinski definition) is 0. The second-order valence-corrected chi connectivity index (χ2v) is 15.0. The molecular weight excluding hydrogens is 621 g/mol. The summed E-state index contributed by atoms with van der Waals surface area (Å²) in [5.74, 6) is 0. The average Bonchev–Trinajstić information content (AvgIpc) is 3.84. The molecule has 50 heavy (non-hydrogen) atoms. The molecule has 0 atom stereocenters. The molecule has 1 aromatic heterocycles. The number of thiophene rings is 1. The monoisotopic (exact) mass is 648 g/mol. The maximum absolute atomic E-state index is 2.53. The summed E-state index contributed by atoms with van der Waals surface area (Å²) in [5, 5.41) is 13.2. The molecule has 0 saturated carbocycles. The first-order valence-corrected chi connectivity index (χ1v) is 18.2. The van der Waals surface area contributed by atoms with Crippen LogP contribution in [0.1, 0.15) is 16.7 Å². The lowest BCUT2D eigenvalue weighted by Gasteiger charge is -2.35. The molecule has 12 rings (SSSR count).